The summed E-state index contributed by atoms with van der Waals surface area (Å²) in [5.41, 5.74) is 1.39. The van der Waals surface area contributed by atoms with Gasteiger partial charge < -0.3 is 25.0 Å². The second-order valence-corrected chi connectivity index (χ2v) is 6.21. The van der Waals surface area contributed by atoms with Crippen molar-refractivity contribution in [2.45, 2.75) is 18.9 Å². The first-order valence-corrected chi connectivity index (χ1v) is 8.88. The molecular formula is C22H20FNO5. The summed E-state index contributed by atoms with van der Waals surface area (Å²) in [4.78, 5) is 11.2. The smallest absolute Gasteiger partial charge is 0.405 e. The highest BCUT2D eigenvalue weighted by Crippen LogP contribution is 2.31. The van der Waals surface area contributed by atoms with E-state index in [1.54, 1.807) is 30.3 Å². The number of nitrogens with one attached hydrogen (secondary N) is 1. The van der Waals surface area contributed by atoms with Gasteiger partial charge in [-0.05, 0) is 23.3 Å². The summed E-state index contributed by atoms with van der Waals surface area (Å²) in [7, 11) is 0. The molecule has 0 aliphatic carbocycles. The van der Waals surface area contributed by atoms with E-state index in [0.717, 1.165) is 11.6 Å². The van der Waals surface area contributed by atoms with Crippen molar-refractivity contribution >= 4 is 6.09 Å². The van der Waals surface area contributed by atoms with Crippen molar-refractivity contribution < 1.29 is 28.9 Å². The van der Waals surface area contributed by atoms with Crippen molar-refractivity contribution in [1.29, 1.82) is 0 Å². The Morgan fingerprint density at radius 1 is 0.966 bits per heavy atom. The number of ether oxygens (including phenoxy) is 2. The summed E-state index contributed by atoms with van der Waals surface area (Å²) < 4.78 is 25.0. The highest BCUT2D eigenvalue weighted by atomic mass is 19.1. The summed E-state index contributed by atoms with van der Waals surface area (Å²) >= 11 is 0. The largest absolute Gasteiger partial charge is 0.485 e. The predicted molar refractivity (Wildman–Crippen MR) is 104 cm³/mol. The second kappa shape index (κ2) is 9.57. The zero-order valence-electron chi connectivity index (χ0n) is 15.4. The van der Waals surface area contributed by atoms with E-state index in [1.807, 2.05) is 30.3 Å². The number of halogens is 1. The molecule has 0 bridgehead atoms. The van der Waals surface area contributed by atoms with E-state index in [-0.39, 0.29) is 18.1 Å². The molecular weight excluding hydrogens is 377 g/mol. The summed E-state index contributed by atoms with van der Waals surface area (Å²) in [6.45, 7) is 0.217. The van der Waals surface area contributed by atoms with E-state index in [4.69, 9.17) is 14.6 Å². The lowest BCUT2D eigenvalue weighted by Crippen LogP contribution is -2.38. The van der Waals surface area contributed by atoms with Crippen LogP contribution in [-0.2, 0) is 6.61 Å². The van der Waals surface area contributed by atoms with Crippen molar-refractivity contribution in [3.63, 3.8) is 0 Å². The Balaban J connectivity index is 1.79. The van der Waals surface area contributed by atoms with Gasteiger partial charge in [-0.15, -0.1) is 0 Å². The van der Waals surface area contributed by atoms with E-state index in [2.05, 4.69) is 5.32 Å². The SMILES string of the molecule is O=C(O)NC(c1ccccc1)C(O)Oc1cc(F)ccc1OCc1ccccc1. The van der Waals surface area contributed by atoms with E-state index in [1.165, 1.54) is 12.1 Å². The van der Waals surface area contributed by atoms with Gasteiger partial charge in [0.2, 0.25) is 6.29 Å². The number of hydrogen-bond donors (Lipinski definition) is 3. The minimum absolute atomic E-state index is 0.0402. The van der Waals surface area contributed by atoms with Gasteiger partial charge in [0, 0.05) is 6.07 Å². The average Bonchev–Trinajstić information content (AvgIpc) is 2.72. The Labute approximate surface area is 167 Å². The number of rotatable bonds is 8. The monoisotopic (exact) mass is 397 g/mol. The lowest BCUT2D eigenvalue weighted by Gasteiger charge is -2.25. The Hall–Kier alpha value is -3.58. The van der Waals surface area contributed by atoms with Crippen LogP contribution < -0.4 is 14.8 Å². The first-order chi connectivity index (χ1) is 14.0. The van der Waals surface area contributed by atoms with Gasteiger partial charge in [0.1, 0.15) is 18.5 Å². The summed E-state index contributed by atoms with van der Waals surface area (Å²) in [5.74, 6) is -0.403. The normalized spacial score (nSPS) is 12.6. The number of carboxylic acid groups (broad SMARTS) is 1. The third-order valence-corrected chi connectivity index (χ3v) is 4.11. The fourth-order valence-corrected chi connectivity index (χ4v) is 2.74. The molecule has 3 N–H and O–H groups in total. The summed E-state index contributed by atoms with van der Waals surface area (Å²) in [5, 5.41) is 21.9. The average molecular weight is 397 g/mol. The highest BCUT2D eigenvalue weighted by Gasteiger charge is 2.26. The Morgan fingerprint density at radius 2 is 1.62 bits per heavy atom. The Kier molecular flexibility index (Phi) is 6.65. The molecule has 3 aromatic carbocycles. The van der Waals surface area contributed by atoms with E-state index < -0.39 is 24.2 Å². The van der Waals surface area contributed by atoms with Crippen LogP contribution >= 0.6 is 0 Å². The molecule has 150 valence electrons. The molecule has 0 heterocycles. The maximum atomic E-state index is 13.8. The van der Waals surface area contributed by atoms with Crippen LogP contribution in [0.5, 0.6) is 11.5 Å². The van der Waals surface area contributed by atoms with Gasteiger partial charge >= 0.3 is 6.09 Å². The number of hydrogen-bond acceptors (Lipinski definition) is 4. The maximum absolute atomic E-state index is 13.8. The molecule has 0 radical (unpaired) electrons. The van der Waals surface area contributed by atoms with Crippen molar-refractivity contribution in [2.24, 2.45) is 0 Å². The first-order valence-electron chi connectivity index (χ1n) is 8.88. The summed E-state index contributed by atoms with van der Waals surface area (Å²) in [6, 6.07) is 20.4. The van der Waals surface area contributed by atoms with Gasteiger partial charge in [-0.1, -0.05) is 60.7 Å². The molecule has 0 aromatic heterocycles. The van der Waals surface area contributed by atoms with Crippen molar-refractivity contribution in [1.82, 2.24) is 5.32 Å². The van der Waals surface area contributed by atoms with Crippen molar-refractivity contribution in [2.75, 3.05) is 0 Å². The maximum Gasteiger partial charge on any atom is 0.405 e. The molecule has 0 saturated carbocycles. The van der Waals surface area contributed by atoms with Gasteiger partial charge in [0.25, 0.3) is 0 Å². The molecule has 1 amide bonds. The van der Waals surface area contributed by atoms with E-state index in [0.29, 0.717) is 5.56 Å². The van der Waals surface area contributed by atoms with Gasteiger partial charge in [-0.25, -0.2) is 9.18 Å². The van der Waals surface area contributed by atoms with Crippen LogP contribution in [-0.4, -0.2) is 22.6 Å². The van der Waals surface area contributed by atoms with Crippen LogP contribution in [0.2, 0.25) is 0 Å². The Bertz CT molecular complexity index is 936. The topological polar surface area (TPSA) is 88.0 Å². The zero-order valence-corrected chi connectivity index (χ0v) is 15.4. The second-order valence-electron chi connectivity index (χ2n) is 6.21. The summed E-state index contributed by atoms with van der Waals surface area (Å²) in [6.07, 6.45) is -2.95. The van der Waals surface area contributed by atoms with Crippen molar-refractivity contribution in [3.05, 3.63) is 95.8 Å². The van der Waals surface area contributed by atoms with Crippen LogP contribution in [0.4, 0.5) is 9.18 Å². The molecule has 29 heavy (non-hydrogen) atoms. The number of aliphatic hydroxyl groups is 1. The quantitative estimate of drug-likeness (QED) is 0.498. The molecule has 3 aromatic rings. The van der Waals surface area contributed by atoms with Gasteiger partial charge in [-0.2, -0.15) is 0 Å². The lowest BCUT2D eigenvalue weighted by molar-refractivity contribution is -0.0470. The molecule has 0 aliphatic heterocycles. The van der Waals surface area contributed by atoms with Crippen molar-refractivity contribution in [3.8, 4) is 11.5 Å². The third-order valence-electron chi connectivity index (χ3n) is 4.11. The fraction of sp³-hybridized carbons (Fsp3) is 0.136. The molecule has 0 saturated heterocycles. The molecule has 0 spiro atoms. The molecule has 2 unspecified atom stereocenters. The Morgan fingerprint density at radius 3 is 2.28 bits per heavy atom. The van der Waals surface area contributed by atoms with Crippen LogP contribution in [0.15, 0.2) is 78.9 Å². The molecule has 0 fully saturated rings. The zero-order chi connectivity index (χ0) is 20.6. The standard InChI is InChI=1S/C22H20FNO5/c23-17-11-12-18(28-14-15-7-3-1-4-8-15)19(13-17)29-21(25)20(24-22(26)27)16-9-5-2-6-10-16/h1-13,20-21,24-25H,14H2,(H,26,27). The van der Waals surface area contributed by atoms with Gasteiger partial charge in [0.15, 0.2) is 11.5 Å². The number of amides is 1. The molecule has 6 nitrogen and oxygen atoms in total. The molecule has 3 rings (SSSR count). The molecule has 7 heteroatoms. The predicted octanol–water partition coefficient (Wildman–Crippen LogP) is 4.11. The van der Waals surface area contributed by atoms with Crippen LogP contribution in [0.3, 0.4) is 0 Å². The lowest BCUT2D eigenvalue weighted by atomic mass is 10.1. The minimum atomic E-state index is -1.62. The highest BCUT2D eigenvalue weighted by molar-refractivity contribution is 5.65. The first kappa shape index (κ1) is 20.2. The van der Waals surface area contributed by atoms with Gasteiger partial charge in [-0.3, -0.25) is 0 Å². The molecule has 0 aliphatic rings. The third kappa shape index (κ3) is 5.70. The number of aliphatic hydroxyl groups excluding tert-OH is 1. The van der Waals surface area contributed by atoms with Crippen LogP contribution in [0, 0.1) is 5.82 Å². The minimum Gasteiger partial charge on any atom is -0.485 e. The van der Waals surface area contributed by atoms with E-state index in [9.17, 15) is 14.3 Å². The molecule has 2 atom stereocenters. The van der Waals surface area contributed by atoms with Gasteiger partial charge in [0.05, 0.1) is 0 Å². The number of carbonyl (C=O) groups is 1. The number of benzene rings is 3. The van der Waals surface area contributed by atoms with E-state index >= 15 is 0 Å². The fourth-order valence-electron chi connectivity index (χ4n) is 2.74. The van der Waals surface area contributed by atoms with Crippen LogP contribution in [0.25, 0.3) is 0 Å². The van der Waals surface area contributed by atoms with Crippen LogP contribution in [0.1, 0.15) is 17.2 Å².